The molecule has 2 aliphatic rings. The maximum atomic E-state index is 10.1. The van der Waals surface area contributed by atoms with Crippen molar-refractivity contribution in [3.05, 3.63) is 23.9 Å². The molecule has 0 amide bonds. The molecule has 2 unspecified atom stereocenters. The highest BCUT2D eigenvalue weighted by Crippen LogP contribution is 2.25. The van der Waals surface area contributed by atoms with Crippen LogP contribution in [0.4, 0.5) is 5.82 Å². The molecule has 2 saturated carbocycles. The van der Waals surface area contributed by atoms with Crippen LogP contribution in [-0.4, -0.2) is 35.3 Å². The van der Waals surface area contributed by atoms with Gasteiger partial charge in [-0.25, -0.2) is 4.98 Å². The number of nitrogens with one attached hydrogen (secondary N) is 1. The van der Waals surface area contributed by atoms with Crippen molar-refractivity contribution in [1.29, 1.82) is 0 Å². The number of pyridine rings is 1. The molecule has 2 fully saturated rings. The van der Waals surface area contributed by atoms with Crippen LogP contribution in [0.25, 0.3) is 0 Å². The van der Waals surface area contributed by atoms with Gasteiger partial charge in [0.2, 0.25) is 0 Å². The number of hydrogen-bond acceptors (Lipinski definition) is 4. The van der Waals surface area contributed by atoms with Crippen LogP contribution in [0.5, 0.6) is 0 Å². The predicted octanol–water partition coefficient (Wildman–Crippen LogP) is 2.07. The minimum Gasteiger partial charge on any atom is -0.391 e. The van der Waals surface area contributed by atoms with Crippen LogP contribution in [0.1, 0.15) is 44.1 Å². The number of aromatic nitrogens is 1. The van der Waals surface area contributed by atoms with E-state index < -0.39 is 0 Å². The molecule has 0 saturated heterocycles. The average Bonchev–Trinajstić information content (AvgIpc) is 3.30. The van der Waals surface area contributed by atoms with Crippen molar-refractivity contribution in [1.82, 2.24) is 10.3 Å². The number of anilines is 1. The summed E-state index contributed by atoms with van der Waals surface area (Å²) < 4.78 is 0. The Balaban J connectivity index is 1.60. The first-order valence-electron chi connectivity index (χ1n) is 7.83. The largest absolute Gasteiger partial charge is 0.391 e. The van der Waals surface area contributed by atoms with E-state index >= 15 is 0 Å². The molecule has 110 valence electrons. The normalized spacial score (nSPS) is 26.5. The quantitative estimate of drug-likeness (QED) is 0.864. The van der Waals surface area contributed by atoms with Crippen molar-refractivity contribution in [2.75, 3.05) is 11.9 Å². The standard InChI is InChI=1S/C16H25N3O/c1-19(14-4-2-3-5-15(14)20)16-9-6-12(11-18-16)10-17-13-7-8-13/h6,9,11,13-15,17,20H,2-5,7-8,10H2,1H3. The minimum atomic E-state index is -0.216. The first-order chi connectivity index (χ1) is 9.74. The molecular formula is C16H25N3O. The summed E-state index contributed by atoms with van der Waals surface area (Å²) in [5.74, 6) is 0.964. The molecule has 0 bridgehead atoms. The summed E-state index contributed by atoms with van der Waals surface area (Å²) in [6, 6.07) is 5.16. The van der Waals surface area contributed by atoms with Crippen molar-refractivity contribution in [2.45, 2.75) is 63.3 Å². The van der Waals surface area contributed by atoms with Gasteiger partial charge >= 0.3 is 0 Å². The molecule has 1 aromatic rings. The van der Waals surface area contributed by atoms with E-state index in [4.69, 9.17) is 0 Å². The number of aliphatic hydroxyl groups is 1. The number of aliphatic hydroxyl groups excluding tert-OH is 1. The summed E-state index contributed by atoms with van der Waals surface area (Å²) in [5, 5.41) is 13.6. The molecule has 3 rings (SSSR count). The van der Waals surface area contributed by atoms with Gasteiger partial charge in [0.1, 0.15) is 5.82 Å². The number of rotatable bonds is 5. The van der Waals surface area contributed by atoms with Gasteiger partial charge in [-0.05, 0) is 37.3 Å². The molecule has 1 aromatic heterocycles. The van der Waals surface area contributed by atoms with E-state index in [2.05, 4.69) is 27.3 Å². The smallest absolute Gasteiger partial charge is 0.128 e. The third-order valence-corrected chi connectivity index (χ3v) is 4.53. The summed E-state index contributed by atoms with van der Waals surface area (Å²) in [6.07, 6.45) is 8.69. The van der Waals surface area contributed by atoms with Crippen molar-refractivity contribution < 1.29 is 5.11 Å². The SMILES string of the molecule is CN(c1ccc(CNC2CC2)cn1)C1CCCCC1O. The molecule has 4 heteroatoms. The van der Waals surface area contributed by atoms with Crippen LogP contribution in [0, 0.1) is 0 Å². The molecule has 0 aliphatic heterocycles. The minimum absolute atomic E-state index is 0.215. The lowest BCUT2D eigenvalue weighted by atomic mass is 9.91. The zero-order valence-electron chi connectivity index (χ0n) is 12.3. The Morgan fingerprint density at radius 3 is 2.70 bits per heavy atom. The van der Waals surface area contributed by atoms with E-state index in [1.807, 2.05) is 13.2 Å². The Morgan fingerprint density at radius 1 is 1.25 bits per heavy atom. The first kappa shape index (κ1) is 13.8. The van der Waals surface area contributed by atoms with E-state index in [0.29, 0.717) is 0 Å². The predicted molar refractivity (Wildman–Crippen MR) is 80.8 cm³/mol. The van der Waals surface area contributed by atoms with Gasteiger partial charge < -0.3 is 15.3 Å². The van der Waals surface area contributed by atoms with Gasteiger partial charge in [-0.3, -0.25) is 0 Å². The highest BCUT2D eigenvalue weighted by Gasteiger charge is 2.27. The van der Waals surface area contributed by atoms with Gasteiger partial charge in [-0.15, -0.1) is 0 Å². The summed E-state index contributed by atoms with van der Waals surface area (Å²) in [6.45, 7) is 0.910. The summed E-state index contributed by atoms with van der Waals surface area (Å²) in [7, 11) is 2.05. The second-order valence-corrected chi connectivity index (χ2v) is 6.21. The van der Waals surface area contributed by atoms with E-state index in [0.717, 1.165) is 37.7 Å². The third kappa shape index (κ3) is 3.30. The van der Waals surface area contributed by atoms with Crippen molar-refractivity contribution in [3.63, 3.8) is 0 Å². The van der Waals surface area contributed by atoms with Gasteiger partial charge in [0, 0.05) is 25.8 Å². The highest BCUT2D eigenvalue weighted by molar-refractivity contribution is 5.40. The summed E-state index contributed by atoms with van der Waals surface area (Å²) in [5.41, 5.74) is 1.23. The second-order valence-electron chi connectivity index (χ2n) is 6.21. The average molecular weight is 275 g/mol. The Bertz CT molecular complexity index is 430. The Kier molecular flexibility index (Phi) is 4.22. The Morgan fingerprint density at radius 2 is 2.05 bits per heavy atom. The van der Waals surface area contributed by atoms with Crippen LogP contribution in [-0.2, 0) is 6.54 Å². The molecule has 0 aromatic carbocycles. The van der Waals surface area contributed by atoms with Gasteiger partial charge in [-0.1, -0.05) is 18.9 Å². The maximum absolute atomic E-state index is 10.1. The Hall–Kier alpha value is -1.13. The van der Waals surface area contributed by atoms with Gasteiger partial charge in [0.05, 0.1) is 12.1 Å². The van der Waals surface area contributed by atoms with E-state index in [1.54, 1.807) is 0 Å². The molecule has 2 atom stereocenters. The lowest BCUT2D eigenvalue weighted by Crippen LogP contribution is -2.43. The van der Waals surface area contributed by atoms with Gasteiger partial charge in [0.25, 0.3) is 0 Å². The topological polar surface area (TPSA) is 48.4 Å². The van der Waals surface area contributed by atoms with Crippen LogP contribution >= 0.6 is 0 Å². The number of hydrogen-bond donors (Lipinski definition) is 2. The maximum Gasteiger partial charge on any atom is 0.128 e. The summed E-state index contributed by atoms with van der Waals surface area (Å²) >= 11 is 0. The molecule has 4 nitrogen and oxygen atoms in total. The molecule has 2 N–H and O–H groups in total. The van der Waals surface area contributed by atoms with Crippen molar-refractivity contribution in [2.24, 2.45) is 0 Å². The van der Waals surface area contributed by atoms with Crippen LogP contribution in [0.15, 0.2) is 18.3 Å². The first-order valence-corrected chi connectivity index (χ1v) is 7.83. The molecule has 20 heavy (non-hydrogen) atoms. The third-order valence-electron chi connectivity index (χ3n) is 4.53. The van der Waals surface area contributed by atoms with Crippen LogP contribution in [0.3, 0.4) is 0 Å². The molecule has 2 aliphatic carbocycles. The zero-order chi connectivity index (χ0) is 13.9. The molecule has 0 spiro atoms. The Labute approximate surface area is 121 Å². The zero-order valence-corrected chi connectivity index (χ0v) is 12.3. The fourth-order valence-electron chi connectivity index (χ4n) is 2.99. The number of likely N-dealkylation sites (N-methyl/N-ethyl adjacent to an activating group) is 1. The monoisotopic (exact) mass is 275 g/mol. The highest BCUT2D eigenvalue weighted by atomic mass is 16.3. The van der Waals surface area contributed by atoms with Crippen LogP contribution < -0.4 is 10.2 Å². The van der Waals surface area contributed by atoms with Crippen molar-refractivity contribution >= 4 is 5.82 Å². The summed E-state index contributed by atoms with van der Waals surface area (Å²) in [4.78, 5) is 6.70. The molecule has 1 heterocycles. The van der Waals surface area contributed by atoms with Crippen molar-refractivity contribution in [3.8, 4) is 0 Å². The fourth-order valence-corrected chi connectivity index (χ4v) is 2.99. The van der Waals surface area contributed by atoms with E-state index in [1.165, 1.54) is 24.8 Å². The second kappa shape index (κ2) is 6.10. The van der Waals surface area contributed by atoms with E-state index in [9.17, 15) is 5.11 Å². The fraction of sp³-hybridized carbons (Fsp3) is 0.688. The number of nitrogens with zero attached hydrogens (tertiary/aromatic N) is 2. The lowest BCUT2D eigenvalue weighted by molar-refractivity contribution is 0.106. The van der Waals surface area contributed by atoms with Crippen LogP contribution in [0.2, 0.25) is 0 Å². The molecule has 0 radical (unpaired) electrons. The van der Waals surface area contributed by atoms with Gasteiger partial charge in [-0.2, -0.15) is 0 Å². The molecular weight excluding hydrogens is 250 g/mol. The van der Waals surface area contributed by atoms with Gasteiger partial charge in [0.15, 0.2) is 0 Å². The van der Waals surface area contributed by atoms with E-state index in [-0.39, 0.29) is 12.1 Å². The lowest BCUT2D eigenvalue weighted by Gasteiger charge is -2.35.